The van der Waals surface area contributed by atoms with Crippen molar-refractivity contribution in [3.63, 3.8) is 0 Å². The highest BCUT2D eigenvalue weighted by molar-refractivity contribution is 5.92. The maximum Gasteiger partial charge on any atom is 0.328 e. The molecule has 160 valence electrons. The summed E-state index contributed by atoms with van der Waals surface area (Å²) in [7, 11) is 1.12. The van der Waals surface area contributed by atoms with Gasteiger partial charge in [-0.3, -0.25) is 14.4 Å². The number of hydrogen-bond acceptors (Lipinski definition) is 6. The zero-order valence-corrected chi connectivity index (χ0v) is 17.2. The Labute approximate surface area is 169 Å². The Kier molecular flexibility index (Phi) is 8.75. The van der Waals surface area contributed by atoms with Crippen LogP contribution in [0.4, 0.5) is 4.39 Å². The van der Waals surface area contributed by atoms with Gasteiger partial charge in [-0.1, -0.05) is 12.1 Å². The number of esters is 2. The van der Waals surface area contributed by atoms with Gasteiger partial charge in [0.1, 0.15) is 23.5 Å². The molecule has 1 aromatic carbocycles. The molecule has 0 radical (unpaired) electrons. The number of benzene rings is 1. The van der Waals surface area contributed by atoms with E-state index in [1.807, 2.05) is 0 Å². The van der Waals surface area contributed by atoms with Crippen molar-refractivity contribution in [3.05, 3.63) is 35.6 Å². The molecular formula is C20H27FN2O6. The van der Waals surface area contributed by atoms with Crippen LogP contribution in [0, 0.1) is 5.82 Å². The van der Waals surface area contributed by atoms with Gasteiger partial charge in [0.05, 0.1) is 13.5 Å². The van der Waals surface area contributed by atoms with E-state index in [0.717, 1.165) is 7.11 Å². The van der Waals surface area contributed by atoms with E-state index in [0.29, 0.717) is 5.56 Å². The van der Waals surface area contributed by atoms with Crippen LogP contribution in [-0.2, 0) is 35.1 Å². The van der Waals surface area contributed by atoms with Crippen LogP contribution in [-0.4, -0.2) is 48.5 Å². The van der Waals surface area contributed by atoms with Crippen molar-refractivity contribution in [2.75, 3.05) is 7.11 Å². The Bertz CT molecular complexity index is 760. The van der Waals surface area contributed by atoms with Gasteiger partial charge < -0.3 is 20.1 Å². The molecule has 8 nitrogen and oxygen atoms in total. The molecule has 0 bridgehead atoms. The highest BCUT2D eigenvalue weighted by atomic mass is 19.1. The van der Waals surface area contributed by atoms with E-state index in [2.05, 4.69) is 15.4 Å². The summed E-state index contributed by atoms with van der Waals surface area (Å²) in [5.74, 6) is -3.22. The number of rotatable bonds is 8. The molecule has 0 saturated heterocycles. The molecule has 0 aliphatic rings. The lowest BCUT2D eigenvalue weighted by atomic mass is 10.0. The lowest BCUT2D eigenvalue weighted by Crippen LogP contribution is -2.53. The average Bonchev–Trinajstić information content (AvgIpc) is 2.57. The first kappa shape index (κ1) is 24.1. The van der Waals surface area contributed by atoms with E-state index < -0.39 is 53.7 Å². The number of methoxy groups -OCH3 is 1. The molecule has 2 atom stereocenters. The number of ether oxygens (including phenoxy) is 2. The molecule has 2 N–H and O–H groups in total. The summed E-state index contributed by atoms with van der Waals surface area (Å²) >= 11 is 0. The summed E-state index contributed by atoms with van der Waals surface area (Å²) in [6, 6.07) is 3.19. The van der Waals surface area contributed by atoms with E-state index in [1.165, 1.54) is 25.1 Å². The molecule has 1 rings (SSSR count). The summed E-state index contributed by atoms with van der Waals surface area (Å²) in [6.07, 6.45) is -0.452. The standard InChI is InChI=1S/C20H27FN2O6/c1-12(24)22-15(10-13-7-6-8-14(21)9-13)18(26)23-16(19(27)28-5)11-17(25)29-20(2,3)4/h6-9,15-16H,10-11H2,1-5H3,(H,22,24)(H,23,26)/t15-,16-/m1/s1. The largest absolute Gasteiger partial charge is 0.467 e. The monoisotopic (exact) mass is 410 g/mol. The quantitative estimate of drug-likeness (QED) is 0.625. The second kappa shape index (κ2) is 10.5. The van der Waals surface area contributed by atoms with Crippen molar-refractivity contribution in [1.29, 1.82) is 0 Å². The second-order valence-corrected chi connectivity index (χ2v) is 7.46. The Morgan fingerprint density at radius 1 is 1.10 bits per heavy atom. The van der Waals surface area contributed by atoms with Gasteiger partial charge in [-0.25, -0.2) is 9.18 Å². The summed E-state index contributed by atoms with van der Waals surface area (Å²) in [5, 5.41) is 4.86. The van der Waals surface area contributed by atoms with Crippen molar-refractivity contribution in [3.8, 4) is 0 Å². The molecule has 0 aromatic heterocycles. The van der Waals surface area contributed by atoms with Crippen molar-refractivity contribution in [2.24, 2.45) is 0 Å². The van der Waals surface area contributed by atoms with Gasteiger partial charge in [-0.05, 0) is 38.5 Å². The summed E-state index contributed by atoms with van der Waals surface area (Å²) in [6.45, 7) is 6.23. The predicted octanol–water partition coefficient (Wildman–Crippen LogP) is 1.26. The molecule has 2 amide bonds. The topological polar surface area (TPSA) is 111 Å². The smallest absolute Gasteiger partial charge is 0.328 e. The van der Waals surface area contributed by atoms with Gasteiger partial charge in [0.15, 0.2) is 0 Å². The maximum absolute atomic E-state index is 13.4. The third kappa shape index (κ3) is 9.18. The molecule has 0 unspecified atom stereocenters. The van der Waals surface area contributed by atoms with Crippen molar-refractivity contribution in [2.45, 2.75) is 58.2 Å². The average molecular weight is 410 g/mol. The van der Waals surface area contributed by atoms with Crippen LogP contribution in [0.2, 0.25) is 0 Å². The fraction of sp³-hybridized carbons (Fsp3) is 0.500. The fourth-order valence-electron chi connectivity index (χ4n) is 2.51. The molecule has 0 aliphatic carbocycles. The van der Waals surface area contributed by atoms with Crippen molar-refractivity contribution < 1.29 is 33.0 Å². The number of halogens is 1. The first-order valence-corrected chi connectivity index (χ1v) is 9.03. The number of hydrogen-bond donors (Lipinski definition) is 2. The predicted molar refractivity (Wildman–Crippen MR) is 102 cm³/mol. The first-order valence-electron chi connectivity index (χ1n) is 9.03. The van der Waals surface area contributed by atoms with Gasteiger partial charge in [0.2, 0.25) is 11.8 Å². The SMILES string of the molecule is COC(=O)[C@@H](CC(=O)OC(C)(C)C)NC(=O)[C@@H](Cc1cccc(F)c1)NC(C)=O. The molecule has 29 heavy (non-hydrogen) atoms. The molecule has 0 fully saturated rings. The van der Waals surface area contributed by atoms with Gasteiger partial charge in [-0.2, -0.15) is 0 Å². The minimum atomic E-state index is -1.30. The number of amides is 2. The summed E-state index contributed by atoms with van der Waals surface area (Å²) in [5.41, 5.74) is -0.293. The van der Waals surface area contributed by atoms with Crippen LogP contribution in [0.1, 0.15) is 39.7 Å². The van der Waals surface area contributed by atoms with E-state index >= 15 is 0 Å². The number of nitrogens with one attached hydrogen (secondary N) is 2. The van der Waals surface area contributed by atoms with Crippen LogP contribution in [0.5, 0.6) is 0 Å². The Morgan fingerprint density at radius 2 is 1.76 bits per heavy atom. The number of carbonyl (C=O) groups excluding carboxylic acids is 4. The van der Waals surface area contributed by atoms with E-state index in [1.54, 1.807) is 26.8 Å². The normalized spacial score (nSPS) is 13.0. The van der Waals surface area contributed by atoms with Crippen molar-refractivity contribution >= 4 is 23.8 Å². The lowest BCUT2D eigenvalue weighted by molar-refractivity contribution is -0.159. The molecule has 0 heterocycles. The molecule has 0 saturated carbocycles. The number of carbonyl (C=O) groups is 4. The van der Waals surface area contributed by atoms with Crippen LogP contribution in [0.25, 0.3) is 0 Å². The third-order valence-corrected chi connectivity index (χ3v) is 3.62. The summed E-state index contributed by atoms with van der Waals surface area (Å²) in [4.78, 5) is 48.3. The minimum Gasteiger partial charge on any atom is -0.467 e. The third-order valence-electron chi connectivity index (χ3n) is 3.62. The second-order valence-electron chi connectivity index (χ2n) is 7.46. The van der Waals surface area contributed by atoms with E-state index in [-0.39, 0.29) is 6.42 Å². The summed E-state index contributed by atoms with van der Waals surface area (Å²) < 4.78 is 23.2. The lowest BCUT2D eigenvalue weighted by Gasteiger charge is -2.24. The molecule has 9 heteroatoms. The van der Waals surface area contributed by atoms with E-state index in [9.17, 15) is 23.6 Å². The van der Waals surface area contributed by atoms with Gasteiger partial charge >= 0.3 is 11.9 Å². The molecule has 0 spiro atoms. The van der Waals surface area contributed by atoms with Crippen LogP contribution in [0.3, 0.4) is 0 Å². The van der Waals surface area contributed by atoms with Crippen molar-refractivity contribution in [1.82, 2.24) is 10.6 Å². The maximum atomic E-state index is 13.4. The molecular weight excluding hydrogens is 383 g/mol. The Hall–Kier alpha value is -2.97. The zero-order chi connectivity index (χ0) is 22.2. The highest BCUT2D eigenvalue weighted by Gasteiger charge is 2.30. The Balaban J connectivity index is 2.94. The van der Waals surface area contributed by atoms with Gasteiger partial charge in [-0.15, -0.1) is 0 Å². The van der Waals surface area contributed by atoms with E-state index in [4.69, 9.17) is 4.74 Å². The van der Waals surface area contributed by atoms with Crippen LogP contribution >= 0.6 is 0 Å². The van der Waals surface area contributed by atoms with Crippen LogP contribution in [0.15, 0.2) is 24.3 Å². The molecule has 0 aliphatic heterocycles. The van der Waals surface area contributed by atoms with Gasteiger partial charge in [0.25, 0.3) is 0 Å². The van der Waals surface area contributed by atoms with Crippen LogP contribution < -0.4 is 10.6 Å². The fourth-order valence-corrected chi connectivity index (χ4v) is 2.51. The molecule has 1 aromatic rings. The van der Waals surface area contributed by atoms with Gasteiger partial charge in [0, 0.05) is 13.3 Å². The first-order chi connectivity index (χ1) is 13.4. The highest BCUT2D eigenvalue weighted by Crippen LogP contribution is 2.11. The Morgan fingerprint density at radius 3 is 2.28 bits per heavy atom. The minimum absolute atomic E-state index is 0.0104. The zero-order valence-electron chi connectivity index (χ0n) is 17.2.